The fourth-order valence-electron chi connectivity index (χ4n) is 4.04. The highest BCUT2D eigenvalue weighted by molar-refractivity contribution is 6.04. The molecule has 1 aromatic heterocycles. The zero-order chi connectivity index (χ0) is 21.1. The molecule has 1 fully saturated rings. The van der Waals surface area contributed by atoms with Gasteiger partial charge in [-0.2, -0.15) is 5.10 Å². The number of carbonyl (C=O) groups is 1. The predicted octanol–water partition coefficient (Wildman–Crippen LogP) is 3.07. The summed E-state index contributed by atoms with van der Waals surface area (Å²) in [5, 5.41) is 5.66. The minimum atomic E-state index is -0.132. The Bertz CT molecular complexity index is 1110. The van der Waals surface area contributed by atoms with Crippen molar-refractivity contribution in [3.05, 3.63) is 75.7 Å². The number of aryl methyl sites for hydroxylation is 2. The lowest BCUT2D eigenvalue weighted by molar-refractivity contribution is 0.0622. The maximum absolute atomic E-state index is 13.3. The Labute approximate surface area is 176 Å². The number of hydrogen-bond donors (Lipinski definition) is 0. The number of aromatic nitrogens is 2. The summed E-state index contributed by atoms with van der Waals surface area (Å²) < 4.78 is 1.43. The molecule has 0 unspecified atom stereocenters. The molecule has 2 aromatic carbocycles. The third-order valence-electron chi connectivity index (χ3n) is 5.82. The Morgan fingerprint density at radius 2 is 1.63 bits per heavy atom. The molecule has 0 saturated carbocycles. The number of amides is 1. The minimum absolute atomic E-state index is 0.0911. The molecule has 1 aliphatic heterocycles. The van der Waals surface area contributed by atoms with E-state index in [0.29, 0.717) is 36.1 Å². The molecule has 156 valence electrons. The second-order valence-electron chi connectivity index (χ2n) is 7.92. The van der Waals surface area contributed by atoms with Crippen molar-refractivity contribution in [3.63, 3.8) is 0 Å². The van der Waals surface area contributed by atoms with E-state index in [0.717, 1.165) is 26.1 Å². The van der Waals surface area contributed by atoms with Gasteiger partial charge in [0.2, 0.25) is 0 Å². The highest BCUT2D eigenvalue weighted by Crippen LogP contribution is 2.18. The summed E-state index contributed by atoms with van der Waals surface area (Å²) in [4.78, 5) is 30.3. The van der Waals surface area contributed by atoms with Crippen LogP contribution in [0.5, 0.6) is 0 Å². The van der Waals surface area contributed by atoms with Crippen LogP contribution in [0, 0.1) is 6.92 Å². The number of rotatable bonds is 5. The van der Waals surface area contributed by atoms with Crippen molar-refractivity contribution in [1.82, 2.24) is 19.6 Å². The molecular formula is C24H28N4O2. The lowest BCUT2D eigenvalue weighted by atomic mass is 10.1. The molecule has 2 heterocycles. The molecule has 0 radical (unpaired) electrons. The van der Waals surface area contributed by atoms with Crippen LogP contribution in [0.15, 0.2) is 53.3 Å². The van der Waals surface area contributed by atoms with Gasteiger partial charge in [-0.05, 0) is 30.5 Å². The fourth-order valence-corrected chi connectivity index (χ4v) is 4.04. The zero-order valence-electron chi connectivity index (χ0n) is 17.7. The molecule has 1 amide bonds. The largest absolute Gasteiger partial charge is 0.335 e. The van der Waals surface area contributed by atoms with Crippen molar-refractivity contribution in [2.75, 3.05) is 26.2 Å². The van der Waals surface area contributed by atoms with Gasteiger partial charge in [0.05, 0.1) is 5.39 Å². The number of fused-ring (bicyclic) bond motifs is 1. The highest BCUT2D eigenvalue weighted by Gasteiger charge is 2.26. The Balaban J connectivity index is 1.53. The number of benzene rings is 2. The summed E-state index contributed by atoms with van der Waals surface area (Å²) in [6.45, 7) is 8.52. The number of piperazine rings is 1. The molecule has 6 nitrogen and oxygen atoms in total. The van der Waals surface area contributed by atoms with Gasteiger partial charge in [0.25, 0.3) is 11.5 Å². The van der Waals surface area contributed by atoms with E-state index in [-0.39, 0.29) is 11.5 Å². The first kappa shape index (κ1) is 20.3. The second-order valence-corrected chi connectivity index (χ2v) is 7.92. The molecular weight excluding hydrogens is 376 g/mol. The zero-order valence-corrected chi connectivity index (χ0v) is 17.7. The normalized spacial score (nSPS) is 14.9. The van der Waals surface area contributed by atoms with Crippen LogP contribution in [0.1, 0.15) is 35.0 Å². The minimum Gasteiger partial charge on any atom is -0.335 e. The molecule has 1 aliphatic rings. The van der Waals surface area contributed by atoms with Gasteiger partial charge in [0.1, 0.15) is 0 Å². The summed E-state index contributed by atoms with van der Waals surface area (Å²) in [6.07, 6.45) is 0.788. The van der Waals surface area contributed by atoms with Crippen LogP contribution in [0.2, 0.25) is 0 Å². The number of nitrogens with zero attached hydrogens (tertiary/aromatic N) is 4. The van der Waals surface area contributed by atoms with Crippen LogP contribution >= 0.6 is 0 Å². The Morgan fingerprint density at radius 3 is 2.33 bits per heavy atom. The molecule has 3 aromatic rings. The summed E-state index contributed by atoms with van der Waals surface area (Å²) in [6, 6.07) is 15.7. The topological polar surface area (TPSA) is 58.4 Å². The number of hydrogen-bond acceptors (Lipinski definition) is 4. The smallest absolute Gasteiger partial charge is 0.275 e. The third kappa shape index (κ3) is 4.00. The number of carbonyl (C=O) groups excluding carboxylic acids is 1. The van der Waals surface area contributed by atoms with Crippen molar-refractivity contribution in [2.24, 2.45) is 0 Å². The van der Waals surface area contributed by atoms with Crippen molar-refractivity contribution in [3.8, 4) is 0 Å². The van der Waals surface area contributed by atoms with Gasteiger partial charge in [0.15, 0.2) is 5.69 Å². The van der Waals surface area contributed by atoms with Gasteiger partial charge in [-0.25, -0.2) is 4.68 Å². The van der Waals surface area contributed by atoms with Crippen LogP contribution in [0.3, 0.4) is 0 Å². The average Bonchev–Trinajstić information content (AvgIpc) is 2.77. The van der Waals surface area contributed by atoms with Gasteiger partial charge in [-0.1, -0.05) is 49.4 Å². The van der Waals surface area contributed by atoms with E-state index in [2.05, 4.69) is 41.2 Å². The van der Waals surface area contributed by atoms with E-state index in [1.165, 1.54) is 15.8 Å². The standard InChI is InChI=1S/C24H28N4O2/c1-3-12-28-23(29)21-11-7-6-10-20(21)22(25-28)24(30)27-15-13-26(14-16-27)17-19-9-5-4-8-18(19)2/h4-11H,3,12-17H2,1-2H3. The molecule has 4 rings (SSSR count). The molecule has 0 atom stereocenters. The summed E-state index contributed by atoms with van der Waals surface area (Å²) in [5.41, 5.74) is 2.87. The van der Waals surface area contributed by atoms with Crippen LogP contribution in [0.4, 0.5) is 0 Å². The van der Waals surface area contributed by atoms with E-state index in [4.69, 9.17) is 0 Å². The van der Waals surface area contributed by atoms with Crippen molar-refractivity contribution in [2.45, 2.75) is 33.4 Å². The monoisotopic (exact) mass is 404 g/mol. The van der Waals surface area contributed by atoms with E-state index in [9.17, 15) is 9.59 Å². The SMILES string of the molecule is CCCn1nc(C(=O)N2CCN(Cc3ccccc3C)CC2)c2ccccc2c1=O. The van der Waals surface area contributed by atoms with Gasteiger partial charge >= 0.3 is 0 Å². The molecule has 6 heteroatoms. The second kappa shape index (κ2) is 8.79. The van der Waals surface area contributed by atoms with Gasteiger partial charge in [-0.3, -0.25) is 14.5 Å². The molecule has 0 aliphatic carbocycles. The van der Waals surface area contributed by atoms with E-state index in [1.54, 1.807) is 6.07 Å². The van der Waals surface area contributed by atoms with Gasteiger partial charge in [-0.15, -0.1) is 0 Å². The third-order valence-corrected chi connectivity index (χ3v) is 5.82. The Kier molecular flexibility index (Phi) is 5.95. The van der Waals surface area contributed by atoms with Crippen molar-refractivity contribution >= 4 is 16.7 Å². The molecule has 0 N–H and O–H groups in total. The first-order valence-corrected chi connectivity index (χ1v) is 10.6. The molecule has 1 saturated heterocycles. The lowest BCUT2D eigenvalue weighted by Gasteiger charge is -2.35. The first-order valence-electron chi connectivity index (χ1n) is 10.6. The van der Waals surface area contributed by atoms with Crippen molar-refractivity contribution in [1.29, 1.82) is 0 Å². The van der Waals surface area contributed by atoms with Crippen LogP contribution in [-0.2, 0) is 13.1 Å². The van der Waals surface area contributed by atoms with Crippen LogP contribution in [-0.4, -0.2) is 51.7 Å². The molecule has 0 spiro atoms. The van der Waals surface area contributed by atoms with Crippen LogP contribution < -0.4 is 5.56 Å². The molecule has 0 bridgehead atoms. The summed E-state index contributed by atoms with van der Waals surface area (Å²) in [5.74, 6) is -0.0911. The Morgan fingerprint density at radius 1 is 0.967 bits per heavy atom. The van der Waals surface area contributed by atoms with Gasteiger partial charge in [0, 0.05) is 44.7 Å². The lowest BCUT2D eigenvalue weighted by Crippen LogP contribution is -2.48. The fraction of sp³-hybridized carbons (Fsp3) is 0.375. The Hall–Kier alpha value is -2.99. The van der Waals surface area contributed by atoms with E-state index < -0.39 is 0 Å². The van der Waals surface area contributed by atoms with E-state index in [1.807, 2.05) is 30.0 Å². The summed E-state index contributed by atoms with van der Waals surface area (Å²) >= 11 is 0. The van der Waals surface area contributed by atoms with E-state index >= 15 is 0 Å². The maximum Gasteiger partial charge on any atom is 0.275 e. The van der Waals surface area contributed by atoms with Crippen LogP contribution in [0.25, 0.3) is 10.8 Å². The van der Waals surface area contributed by atoms with Gasteiger partial charge < -0.3 is 4.90 Å². The average molecular weight is 405 g/mol. The quantitative estimate of drug-likeness (QED) is 0.656. The predicted molar refractivity (Wildman–Crippen MR) is 119 cm³/mol. The maximum atomic E-state index is 13.3. The highest BCUT2D eigenvalue weighted by atomic mass is 16.2. The first-order chi connectivity index (χ1) is 14.6. The van der Waals surface area contributed by atoms with Crippen molar-refractivity contribution < 1.29 is 4.79 Å². The molecule has 30 heavy (non-hydrogen) atoms. The summed E-state index contributed by atoms with van der Waals surface area (Å²) in [7, 11) is 0.